The first-order valence-electron chi connectivity index (χ1n) is 4.39. The number of hydrogen-bond donors (Lipinski definition) is 3. The van der Waals surface area contributed by atoms with Gasteiger partial charge >= 0.3 is 0 Å². The summed E-state index contributed by atoms with van der Waals surface area (Å²) in [7, 11) is 0. The van der Waals surface area contributed by atoms with E-state index in [4.69, 9.17) is 11.5 Å². The molecule has 104 valence electrons. The first-order valence-corrected chi connectivity index (χ1v) is 4.39. The summed E-state index contributed by atoms with van der Waals surface area (Å²) < 4.78 is 25.4. The molecule has 0 spiro atoms. The smallest absolute Gasteiger partial charge is 0.277 e. The molecule has 0 radical (unpaired) electrons. The van der Waals surface area contributed by atoms with Gasteiger partial charge in [0.05, 0.1) is 13.1 Å². The summed E-state index contributed by atoms with van der Waals surface area (Å²) in [5.41, 5.74) is 9.97. The Morgan fingerprint density at radius 3 is 2.39 bits per heavy atom. The first-order chi connectivity index (χ1) is 7.46. The van der Waals surface area contributed by atoms with Crippen LogP contribution >= 0.6 is 24.8 Å². The minimum Gasteiger partial charge on any atom is -0.382 e. The fraction of sp³-hybridized carbons (Fsp3) is 0.375. The van der Waals surface area contributed by atoms with Gasteiger partial charge in [-0.3, -0.25) is 4.79 Å². The van der Waals surface area contributed by atoms with Crippen LogP contribution in [0.15, 0.2) is 12.4 Å². The average molecular weight is 304 g/mol. The Labute approximate surface area is 114 Å². The van der Waals surface area contributed by atoms with Crippen molar-refractivity contribution in [2.75, 3.05) is 18.8 Å². The lowest BCUT2D eigenvalue weighted by molar-refractivity contribution is 0.0118. The predicted molar refractivity (Wildman–Crippen MR) is 67.3 cm³/mol. The first kappa shape index (κ1) is 19.1. The molecule has 0 aromatic carbocycles. The van der Waals surface area contributed by atoms with E-state index in [2.05, 4.69) is 9.97 Å². The van der Waals surface area contributed by atoms with Crippen molar-refractivity contribution < 1.29 is 13.6 Å². The molecule has 18 heavy (non-hydrogen) atoms. The molecular weight excluding hydrogens is 291 g/mol. The van der Waals surface area contributed by atoms with Crippen LogP contribution in [0.4, 0.5) is 14.6 Å². The molecular formula is C8H13Cl2F2N5O. The van der Waals surface area contributed by atoms with Gasteiger partial charge < -0.3 is 16.8 Å². The molecule has 1 heterocycles. The summed E-state index contributed by atoms with van der Waals surface area (Å²) in [6.45, 7) is -1.71. The molecule has 1 aromatic rings. The molecule has 0 bridgehead atoms. The fourth-order valence-electron chi connectivity index (χ4n) is 0.889. The number of nitrogens with one attached hydrogen (secondary N) is 1. The molecule has 0 aliphatic rings. The van der Waals surface area contributed by atoms with E-state index in [1.165, 1.54) is 12.4 Å². The van der Waals surface area contributed by atoms with Gasteiger partial charge in [-0.2, -0.15) is 0 Å². The quantitative estimate of drug-likeness (QED) is 0.738. The normalized spacial score (nSPS) is 9.94. The Bertz CT molecular complexity index is 394. The van der Waals surface area contributed by atoms with E-state index in [-0.39, 0.29) is 36.3 Å². The molecule has 1 amide bonds. The van der Waals surface area contributed by atoms with Gasteiger partial charge in [0.25, 0.3) is 11.8 Å². The number of nitrogen functional groups attached to an aromatic ring is 1. The van der Waals surface area contributed by atoms with Crippen molar-refractivity contribution in [2.45, 2.75) is 5.92 Å². The lowest BCUT2D eigenvalue weighted by Crippen LogP contribution is -2.41. The van der Waals surface area contributed by atoms with Gasteiger partial charge in [0.1, 0.15) is 0 Å². The van der Waals surface area contributed by atoms with Crippen LogP contribution < -0.4 is 16.8 Å². The summed E-state index contributed by atoms with van der Waals surface area (Å²) in [6, 6.07) is 0. The molecule has 1 aromatic heterocycles. The fourth-order valence-corrected chi connectivity index (χ4v) is 0.889. The van der Waals surface area contributed by atoms with Crippen molar-refractivity contribution in [3.05, 3.63) is 18.1 Å². The highest BCUT2D eigenvalue weighted by molar-refractivity contribution is 5.96. The zero-order chi connectivity index (χ0) is 12.2. The van der Waals surface area contributed by atoms with Crippen LogP contribution in [0.2, 0.25) is 0 Å². The number of rotatable bonds is 4. The van der Waals surface area contributed by atoms with E-state index in [1.807, 2.05) is 5.32 Å². The molecule has 0 saturated carbocycles. The molecule has 1 rings (SSSR count). The van der Waals surface area contributed by atoms with Gasteiger partial charge in [-0.1, -0.05) is 0 Å². The summed E-state index contributed by atoms with van der Waals surface area (Å²) >= 11 is 0. The maximum absolute atomic E-state index is 12.7. The number of aromatic nitrogens is 2. The molecule has 0 aliphatic carbocycles. The number of carbonyl (C=O) groups is 1. The third-order valence-electron chi connectivity index (χ3n) is 1.75. The van der Waals surface area contributed by atoms with Crippen LogP contribution in [-0.2, 0) is 0 Å². The second kappa shape index (κ2) is 7.96. The van der Waals surface area contributed by atoms with E-state index in [0.29, 0.717) is 0 Å². The summed E-state index contributed by atoms with van der Waals surface area (Å²) in [6.07, 6.45) is 2.53. The number of anilines is 1. The molecule has 0 unspecified atom stereocenters. The molecule has 0 fully saturated rings. The lowest BCUT2D eigenvalue weighted by Gasteiger charge is -2.14. The summed E-state index contributed by atoms with van der Waals surface area (Å²) in [5.74, 6) is -4.07. The van der Waals surface area contributed by atoms with Crippen molar-refractivity contribution >= 4 is 36.5 Å². The third-order valence-corrected chi connectivity index (χ3v) is 1.75. The Kier molecular flexibility index (Phi) is 8.44. The Morgan fingerprint density at radius 2 is 1.89 bits per heavy atom. The Hall–Kier alpha value is -1.25. The molecule has 0 atom stereocenters. The Morgan fingerprint density at radius 1 is 1.33 bits per heavy atom. The number of nitrogens with two attached hydrogens (primary N) is 2. The molecule has 0 aliphatic heterocycles. The monoisotopic (exact) mass is 303 g/mol. The van der Waals surface area contributed by atoms with Gasteiger partial charge in [0.2, 0.25) is 0 Å². The highest BCUT2D eigenvalue weighted by Crippen LogP contribution is 2.09. The summed E-state index contributed by atoms with van der Waals surface area (Å²) in [4.78, 5) is 18.6. The van der Waals surface area contributed by atoms with Gasteiger partial charge in [0.15, 0.2) is 11.5 Å². The van der Waals surface area contributed by atoms with E-state index < -0.39 is 24.9 Å². The number of amides is 1. The maximum atomic E-state index is 12.7. The summed E-state index contributed by atoms with van der Waals surface area (Å²) in [5, 5.41) is 1.98. The average Bonchev–Trinajstić information content (AvgIpc) is 2.27. The number of carbonyl (C=O) groups excluding carboxylic acids is 1. The van der Waals surface area contributed by atoms with Gasteiger partial charge in [-0.25, -0.2) is 18.7 Å². The van der Waals surface area contributed by atoms with Crippen LogP contribution in [0.5, 0.6) is 0 Å². The van der Waals surface area contributed by atoms with Crippen molar-refractivity contribution in [3.63, 3.8) is 0 Å². The maximum Gasteiger partial charge on any atom is 0.277 e. The zero-order valence-corrected chi connectivity index (χ0v) is 10.7. The molecule has 5 N–H and O–H groups in total. The van der Waals surface area contributed by atoms with E-state index >= 15 is 0 Å². The van der Waals surface area contributed by atoms with Crippen molar-refractivity contribution in [3.8, 4) is 0 Å². The third kappa shape index (κ3) is 5.39. The van der Waals surface area contributed by atoms with Crippen LogP contribution in [0.3, 0.4) is 0 Å². The molecule has 6 nitrogen and oxygen atoms in total. The zero-order valence-electron chi connectivity index (χ0n) is 9.10. The highest BCUT2D eigenvalue weighted by atomic mass is 35.5. The van der Waals surface area contributed by atoms with E-state index in [9.17, 15) is 13.6 Å². The topological polar surface area (TPSA) is 107 Å². The minimum atomic E-state index is -3.15. The van der Waals surface area contributed by atoms with Crippen molar-refractivity contribution in [2.24, 2.45) is 5.73 Å². The van der Waals surface area contributed by atoms with Gasteiger partial charge in [-0.05, 0) is 0 Å². The number of nitrogens with zero attached hydrogens (tertiary/aromatic N) is 2. The predicted octanol–water partition coefficient (Wildman–Crippen LogP) is 0.226. The number of hydrogen-bond acceptors (Lipinski definition) is 5. The van der Waals surface area contributed by atoms with Crippen LogP contribution in [0, 0.1) is 0 Å². The lowest BCUT2D eigenvalue weighted by atomic mass is 10.3. The van der Waals surface area contributed by atoms with Crippen molar-refractivity contribution in [1.29, 1.82) is 0 Å². The van der Waals surface area contributed by atoms with Crippen molar-refractivity contribution in [1.82, 2.24) is 15.3 Å². The van der Waals surface area contributed by atoms with Crippen LogP contribution in [-0.4, -0.2) is 34.9 Å². The van der Waals surface area contributed by atoms with Crippen LogP contribution in [0.25, 0.3) is 0 Å². The minimum absolute atomic E-state index is 0. The number of halogens is 4. The van der Waals surface area contributed by atoms with E-state index in [1.54, 1.807) is 0 Å². The van der Waals surface area contributed by atoms with Crippen LogP contribution in [0.1, 0.15) is 10.5 Å². The standard InChI is InChI=1S/C8H11F2N5O.2ClH/c9-8(10,3-11)4-15-7(16)5-6(12)14-2-1-13-5;;/h1-2H,3-4,11H2,(H2,12,14)(H,15,16);2*1H. The SMILES string of the molecule is Cl.Cl.NCC(F)(F)CNC(=O)c1nccnc1N. The molecule has 10 heteroatoms. The number of alkyl halides is 2. The van der Waals surface area contributed by atoms with Gasteiger partial charge in [-0.15, -0.1) is 24.8 Å². The largest absolute Gasteiger partial charge is 0.382 e. The molecule has 0 saturated heterocycles. The van der Waals surface area contributed by atoms with E-state index in [0.717, 1.165) is 0 Å². The highest BCUT2D eigenvalue weighted by Gasteiger charge is 2.27. The Balaban J connectivity index is 0. The van der Waals surface area contributed by atoms with Gasteiger partial charge in [0, 0.05) is 12.4 Å². The second-order valence-corrected chi connectivity index (χ2v) is 3.03. The second-order valence-electron chi connectivity index (χ2n) is 3.03.